The van der Waals surface area contributed by atoms with Gasteiger partial charge in [0.05, 0.1) is 7.85 Å². The highest BCUT2D eigenvalue weighted by Gasteiger charge is 2.05. The molecule has 0 saturated heterocycles. The molecule has 1 nitrogen and oxygen atoms in total. The first kappa shape index (κ1) is 13.3. The number of likely N-dealkylation sites (N-methyl/N-ethyl adjacent to an activating group) is 1. The average Bonchev–Trinajstić information content (AvgIpc) is 2.28. The lowest BCUT2D eigenvalue weighted by Crippen LogP contribution is -2.16. The maximum Gasteiger partial charge on any atom is 0.0657 e. The molecule has 2 heteroatoms. The maximum atomic E-state index is 5.61. The Balaban J connectivity index is 2.76. The highest BCUT2D eigenvalue weighted by atomic mass is 14.8. The van der Waals surface area contributed by atoms with Crippen LogP contribution in [0, 0.1) is 13.8 Å². The van der Waals surface area contributed by atoms with Gasteiger partial charge in [-0.3, -0.25) is 0 Å². The largest absolute Gasteiger partial charge is 0.317 e. The molecule has 86 valence electrons. The van der Waals surface area contributed by atoms with Crippen LogP contribution in [0.2, 0.25) is 6.32 Å². The summed E-state index contributed by atoms with van der Waals surface area (Å²) in [4.78, 5) is 0. The van der Waals surface area contributed by atoms with Crippen LogP contribution in [0.15, 0.2) is 12.1 Å². The number of rotatable bonds is 6. The van der Waals surface area contributed by atoms with Crippen molar-refractivity contribution in [2.45, 2.75) is 39.9 Å². The molecule has 1 aromatic rings. The zero-order chi connectivity index (χ0) is 12.0. The predicted molar refractivity (Wildman–Crippen MR) is 72.4 cm³/mol. The second-order valence-electron chi connectivity index (χ2n) is 4.28. The Morgan fingerprint density at radius 2 is 1.62 bits per heavy atom. The van der Waals surface area contributed by atoms with E-state index >= 15 is 0 Å². The molecule has 0 heterocycles. The highest BCUT2D eigenvalue weighted by molar-refractivity contribution is 6.08. The number of aryl methyl sites for hydroxylation is 1. The molecule has 0 aromatic heterocycles. The van der Waals surface area contributed by atoms with Gasteiger partial charge in [-0.05, 0) is 62.0 Å². The van der Waals surface area contributed by atoms with Gasteiger partial charge in [0, 0.05) is 0 Å². The fourth-order valence-corrected chi connectivity index (χ4v) is 2.03. The quantitative estimate of drug-likeness (QED) is 0.568. The Kier molecular flexibility index (Phi) is 5.61. The molecule has 1 aromatic carbocycles. The van der Waals surface area contributed by atoms with Gasteiger partial charge in [-0.1, -0.05) is 25.4 Å². The molecule has 0 atom stereocenters. The standard InChI is InChI=1S/C14H22BN/c1-4-16-10-8-14-6-5-13(7-9-15)11(2)12(14)3/h5-6,16H,4,7-10H2,1-3H3. The molecule has 0 aliphatic carbocycles. The number of benzene rings is 1. The van der Waals surface area contributed by atoms with Gasteiger partial charge in [0.2, 0.25) is 0 Å². The van der Waals surface area contributed by atoms with Gasteiger partial charge in [-0.15, -0.1) is 0 Å². The van der Waals surface area contributed by atoms with E-state index in [1.807, 2.05) is 0 Å². The van der Waals surface area contributed by atoms with Crippen LogP contribution in [0.4, 0.5) is 0 Å². The van der Waals surface area contributed by atoms with Crippen LogP contribution in [0.5, 0.6) is 0 Å². The molecule has 1 N–H and O–H groups in total. The minimum absolute atomic E-state index is 0.733. The van der Waals surface area contributed by atoms with Gasteiger partial charge in [0.25, 0.3) is 0 Å². The maximum absolute atomic E-state index is 5.61. The van der Waals surface area contributed by atoms with E-state index in [4.69, 9.17) is 7.85 Å². The summed E-state index contributed by atoms with van der Waals surface area (Å²) in [5.41, 5.74) is 5.70. The molecule has 2 radical (unpaired) electrons. The number of hydrogen-bond donors (Lipinski definition) is 1. The van der Waals surface area contributed by atoms with Gasteiger partial charge in [0.1, 0.15) is 0 Å². The van der Waals surface area contributed by atoms with Crippen LogP contribution >= 0.6 is 0 Å². The monoisotopic (exact) mass is 215 g/mol. The smallest absolute Gasteiger partial charge is 0.0657 e. The minimum Gasteiger partial charge on any atom is -0.317 e. The summed E-state index contributed by atoms with van der Waals surface area (Å²) in [5, 5.41) is 3.36. The summed E-state index contributed by atoms with van der Waals surface area (Å²) >= 11 is 0. The van der Waals surface area contributed by atoms with Crippen molar-refractivity contribution >= 4 is 7.85 Å². The second kappa shape index (κ2) is 6.75. The lowest BCUT2D eigenvalue weighted by atomic mass is 9.90. The zero-order valence-electron chi connectivity index (χ0n) is 10.8. The van der Waals surface area contributed by atoms with Gasteiger partial charge in [-0.25, -0.2) is 0 Å². The Labute approximate surface area is 101 Å². The summed E-state index contributed by atoms with van der Waals surface area (Å²) in [6.45, 7) is 8.67. The van der Waals surface area contributed by atoms with Gasteiger partial charge < -0.3 is 5.32 Å². The minimum atomic E-state index is 0.733. The lowest BCUT2D eigenvalue weighted by Gasteiger charge is -2.13. The van der Waals surface area contributed by atoms with E-state index in [0.29, 0.717) is 0 Å². The Bertz CT molecular complexity index is 334. The molecule has 0 spiro atoms. The Morgan fingerprint density at radius 3 is 2.12 bits per heavy atom. The molecule has 0 unspecified atom stereocenters. The molecule has 0 aliphatic heterocycles. The van der Waals surface area contributed by atoms with Crippen molar-refractivity contribution in [3.05, 3.63) is 34.4 Å². The van der Waals surface area contributed by atoms with Gasteiger partial charge in [-0.2, -0.15) is 0 Å². The Hall–Kier alpha value is -0.755. The number of hydrogen-bond acceptors (Lipinski definition) is 1. The van der Waals surface area contributed by atoms with Crippen LogP contribution in [0.1, 0.15) is 29.2 Å². The van der Waals surface area contributed by atoms with Crippen LogP contribution < -0.4 is 5.32 Å². The lowest BCUT2D eigenvalue weighted by molar-refractivity contribution is 0.714. The van der Waals surface area contributed by atoms with Crippen LogP contribution in [0.3, 0.4) is 0 Å². The first-order chi connectivity index (χ1) is 7.70. The van der Waals surface area contributed by atoms with Crippen molar-refractivity contribution in [1.82, 2.24) is 5.32 Å². The highest BCUT2D eigenvalue weighted by Crippen LogP contribution is 2.19. The molecule has 0 fully saturated rings. The van der Waals surface area contributed by atoms with Crippen molar-refractivity contribution < 1.29 is 0 Å². The van der Waals surface area contributed by atoms with Gasteiger partial charge in [0.15, 0.2) is 0 Å². The van der Waals surface area contributed by atoms with Crippen molar-refractivity contribution in [3.8, 4) is 0 Å². The van der Waals surface area contributed by atoms with Gasteiger partial charge >= 0.3 is 0 Å². The van der Waals surface area contributed by atoms with Crippen molar-refractivity contribution in [3.63, 3.8) is 0 Å². The van der Waals surface area contributed by atoms with E-state index < -0.39 is 0 Å². The van der Waals surface area contributed by atoms with Crippen molar-refractivity contribution in [2.75, 3.05) is 13.1 Å². The van der Waals surface area contributed by atoms with E-state index in [-0.39, 0.29) is 0 Å². The third-order valence-corrected chi connectivity index (χ3v) is 3.25. The normalized spacial score (nSPS) is 10.7. The fraction of sp³-hybridized carbons (Fsp3) is 0.571. The molecular formula is C14H22BN. The zero-order valence-corrected chi connectivity index (χ0v) is 10.8. The summed E-state index contributed by atoms with van der Waals surface area (Å²) in [7, 11) is 5.61. The van der Waals surface area contributed by atoms with Crippen molar-refractivity contribution in [1.29, 1.82) is 0 Å². The SMILES string of the molecule is [B]CCc1ccc(CCNCC)c(C)c1C. The second-order valence-corrected chi connectivity index (χ2v) is 4.28. The van der Waals surface area contributed by atoms with E-state index in [1.54, 1.807) is 0 Å². The molecule has 0 aliphatic rings. The third-order valence-electron chi connectivity index (χ3n) is 3.25. The summed E-state index contributed by atoms with van der Waals surface area (Å²) in [5.74, 6) is 0. The average molecular weight is 215 g/mol. The summed E-state index contributed by atoms with van der Waals surface area (Å²) < 4.78 is 0. The van der Waals surface area contributed by atoms with Crippen LogP contribution in [0.25, 0.3) is 0 Å². The first-order valence-electron chi connectivity index (χ1n) is 6.19. The van der Waals surface area contributed by atoms with Crippen LogP contribution in [-0.2, 0) is 12.8 Å². The fourth-order valence-electron chi connectivity index (χ4n) is 2.03. The van der Waals surface area contributed by atoms with Crippen molar-refractivity contribution in [2.24, 2.45) is 0 Å². The molecule has 16 heavy (non-hydrogen) atoms. The molecule has 1 rings (SSSR count). The molecular weight excluding hydrogens is 193 g/mol. The molecule has 0 amide bonds. The van der Waals surface area contributed by atoms with E-state index in [9.17, 15) is 0 Å². The predicted octanol–water partition coefficient (Wildman–Crippen LogP) is 2.58. The summed E-state index contributed by atoms with van der Waals surface area (Å²) in [6.07, 6.45) is 2.83. The first-order valence-corrected chi connectivity index (χ1v) is 6.19. The molecule has 0 saturated carbocycles. The van der Waals surface area contributed by atoms with Crippen LogP contribution in [-0.4, -0.2) is 20.9 Å². The molecule has 0 bridgehead atoms. The summed E-state index contributed by atoms with van der Waals surface area (Å²) in [6, 6.07) is 4.49. The third kappa shape index (κ3) is 3.38. The Morgan fingerprint density at radius 1 is 1.06 bits per heavy atom. The van der Waals surface area contributed by atoms with E-state index in [2.05, 4.69) is 38.2 Å². The van der Waals surface area contributed by atoms with E-state index in [1.165, 1.54) is 22.3 Å². The number of nitrogens with one attached hydrogen (secondary N) is 1. The van der Waals surface area contributed by atoms with E-state index in [0.717, 1.165) is 32.3 Å². The topological polar surface area (TPSA) is 12.0 Å².